The molecular formula is C17H19FN2S. The first kappa shape index (κ1) is 13.3. The molecule has 0 spiro atoms. The lowest BCUT2D eigenvalue weighted by atomic mass is 10.1. The van der Waals surface area contributed by atoms with Gasteiger partial charge in [-0.3, -0.25) is 0 Å². The Bertz CT molecular complexity index is 648. The van der Waals surface area contributed by atoms with Crippen LogP contribution in [0.1, 0.15) is 28.8 Å². The highest BCUT2D eigenvalue weighted by molar-refractivity contribution is 7.10. The maximum atomic E-state index is 14.4. The van der Waals surface area contributed by atoms with Crippen LogP contribution in [0.4, 0.5) is 10.1 Å². The summed E-state index contributed by atoms with van der Waals surface area (Å²) in [4.78, 5) is 3.66. The van der Waals surface area contributed by atoms with Gasteiger partial charge in [0, 0.05) is 30.6 Å². The Labute approximate surface area is 128 Å². The Kier molecular flexibility index (Phi) is 3.43. The minimum Gasteiger partial charge on any atom is -0.364 e. The van der Waals surface area contributed by atoms with Crippen LogP contribution < -0.4 is 10.2 Å². The number of rotatable bonds is 4. The van der Waals surface area contributed by atoms with Crippen LogP contribution >= 0.6 is 11.3 Å². The fraction of sp³-hybridized carbons (Fsp3) is 0.412. The monoisotopic (exact) mass is 302 g/mol. The first-order chi connectivity index (χ1) is 10.3. The minimum atomic E-state index is -0.0937. The van der Waals surface area contributed by atoms with E-state index in [2.05, 4.69) is 27.7 Å². The van der Waals surface area contributed by atoms with E-state index < -0.39 is 0 Å². The molecular weight excluding hydrogens is 283 g/mol. The van der Waals surface area contributed by atoms with E-state index in [4.69, 9.17) is 0 Å². The number of fused-ring (bicyclic) bond motifs is 1. The van der Waals surface area contributed by atoms with Crippen molar-refractivity contribution in [1.82, 2.24) is 5.32 Å². The lowest BCUT2D eigenvalue weighted by Gasteiger charge is -2.31. The van der Waals surface area contributed by atoms with E-state index in [0.29, 0.717) is 6.04 Å². The Morgan fingerprint density at radius 2 is 2.19 bits per heavy atom. The van der Waals surface area contributed by atoms with E-state index in [1.807, 2.05) is 17.4 Å². The summed E-state index contributed by atoms with van der Waals surface area (Å²) in [5, 5.41) is 5.65. The van der Waals surface area contributed by atoms with Crippen molar-refractivity contribution in [2.45, 2.75) is 38.4 Å². The van der Waals surface area contributed by atoms with E-state index in [9.17, 15) is 4.39 Å². The van der Waals surface area contributed by atoms with E-state index in [-0.39, 0.29) is 5.82 Å². The molecule has 1 aliphatic carbocycles. The third-order valence-electron chi connectivity index (χ3n) is 4.35. The van der Waals surface area contributed by atoms with Gasteiger partial charge in [0.1, 0.15) is 5.82 Å². The number of nitrogens with zero attached hydrogens (tertiary/aromatic N) is 1. The quantitative estimate of drug-likeness (QED) is 0.926. The van der Waals surface area contributed by atoms with Gasteiger partial charge in [0.25, 0.3) is 0 Å². The van der Waals surface area contributed by atoms with Crippen LogP contribution in [0.5, 0.6) is 0 Å². The topological polar surface area (TPSA) is 15.3 Å². The Morgan fingerprint density at radius 1 is 1.29 bits per heavy atom. The van der Waals surface area contributed by atoms with Gasteiger partial charge in [-0.1, -0.05) is 12.1 Å². The van der Waals surface area contributed by atoms with Crippen LogP contribution in [0.25, 0.3) is 0 Å². The molecule has 0 unspecified atom stereocenters. The van der Waals surface area contributed by atoms with Crippen molar-refractivity contribution in [3.63, 3.8) is 0 Å². The average molecular weight is 302 g/mol. The highest BCUT2D eigenvalue weighted by Crippen LogP contribution is 2.32. The molecule has 1 aromatic carbocycles. The normalized spacial score (nSPS) is 17.9. The van der Waals surface area contributed by atoms with Crippen molar-refractivity contribution in [3.05, 3.63) is 51.5 Å². The van der Waals surface area contributed by atoms with Gasteiger partial charge in [0.05, 0.1) is 5.69 Å². The number of thiophene rings is 1. The summed E-state index contributed by atoms with van der Waals surface area (Å²) in [7, 11) is 0. The highest BCUT2D eigenvalue weighted by atomic mass is 32.1. The number of hydrogen-bond acceptors (Lipinski definition) is 3. The molecule has 2 aliphatic rings. The predicted molar refractivity (Wildman–Crippen MR) is 85.3 cm³/mol. The molecule has 0 amide bonds. The molecule has 1 aromatic heterocycles. The van der Waals surface area contributed by atoms with E-state index >= 15 is 0 Å². The smallest absolute Gasteiger partial charge is 0.146 e. The molecule has 1 fully saturated rings. The second-order valence-corrected chi connectivity index (χ2v) is 6.94. The van der Waals surface area contributed by atoms with E-state index in [1.165, 1.54) is 23.3 Å². The fourth-order valence-electron chi connectivity index (χ4n) is 3.04. The van der Waals surface area contributed by atoms with Gasteiger partial charge in [-0.05, 0) is 47.9 Å². The summed E-state index contributed by atoms with van der Waals surface area (Å²) in [6, 6.07) is 8.28. The second kappa shape index (κ2) is 5.43. The Hall–Kier alpha value is -1.39. The molecule has 2 nitrogen and oxygen atoms in total. The first-order valence-electron chi connectivity index (χ1n) is 7.62. The summed E-state index contributed by atoms with van der Waals surface area (Å²) in [5.74, 6) is -0.0937. The zero-order valence-corrected chi connectivity index (χ0v) is 12.8. The van der Waals surface area contributed by atoms with Crippen molar-refractivity contribution in [3.8, 4) is 0 Å². The minimum absolute atomic E-state index is 0.0937. The third kappa shape index (κ3) is 2.70. The van der Waals surface area contributed by atoms with Gasteiger partial charge in [-0.2, -0.15) is 0 Å². The first-order valence-corrected chi connectivity index (χ1v) is 8.50. The maximum Gasteiger partial charge on any atom is 0.146 e. The summed E-state index contributed by atoms with van der Waals surface area (Å²) in [5.41, 5.74) is 3.23. The van der Waals surface area contributed by atoms with Crippen LogP contribution in [0.3, 0.4) is 0 Å². The fourth-order valence-corrected chi connectivity index (χ4v) is 3.93. The second-order valence-electron chi connectivity index (χ2n) is 5.94. The standard InChI is InChI=1S/C17H19FN2S/c18-15-3-1-2-12(10-19-14-4-5-14)17(15)20-8-6-16-13(11-20)7-9-21-16/h1-3,7,9,14,19H,4-6,8,10-11H2. The van der Waals surface area contributed by atoms with Crippen molar-refractivity contribution in [1.29, 1.82) is 0 Å². The SMILES string of the molecule is Fc1cccc(CNC2CC2)c1N1CCc2sccc2C1. The summed E-state index contributed by atoms with van der Waals surface area (Å²) in [6.07, 6.45) is 3.54. The molecule has 1 saturated carbocycles. The number of para-hydroxylation sites is 1. The molecule has 0 atom stereocenters. The van der Waals surface area contributed by atoms with Crippen LogP contribution in [0.2, 0.25) is 0 Å². The van der Waals surface area contributed by atoms with Gasteiger partial charge < -0.3 is 10.2 Å². The molecule has 0 radical (unpaired) electrons. The van der Waals surface area contributed by atoms with Crippen LogP contribution in [-0.2, 0) is 19.5 Å². The van der Waals surface area contributed by atoms with Crippen LogP contribution in [0, 0.1) is 5.82 Å². The molecule has 2 aromatic rings. The third-order valence-corrected chi connectivity index (χ3v) is 5.38. The van der Waals surface area contributed by atoms with Gasteiger partial charge in [0.2, 0.25) is 0 Å². The number of hydrogen-bond donors (Lipinski definition) is 1. The predicted octanol–water partition coefficient (Wildman–Crippen LogP) is 3.70. The summed E-state index contributed by atoms with van der Waals surface area (Å²) in [6.45, 7) is 2.51. The zero-order valence-electron chi connectivity index (χ0n) is 11.9. The summed E-state index contributed by atoms with van der Waals surface area (Å²) < 4.78 is 14.4. The van der Waals surface area contributed by atoms with Crippen molar-refractivity contribution in [2.75, 3.05) is 11.4 Å². The van der Waals surface area contributed by atoms with Crippen molar-refractivity contribution in [2.24, 2.45) is 0 Å². The van der Waals surface area contributed by atoms with E-state index in [0.717, 1.165) is 37.3 Å². The molecule has 21 heavy (non-hydrogen) atoms. The van der Waals surface area contributed by atoms with E-state index in [1.54, 1.807) is 6.07 Å². The van der Waals surface area contributed by atoms with Gasteiger partial charge in [0.15, 0.2) is 0 Å². The molecule has 0 bridgehead atoms. The number of nitrogens with one attached hydrogen (secondary N) is 1. The Balaban J connectivity index is 1.61. The lowest BCUT2D eigenvalue weighted by molar-refractivity contribution is 0.602. The number of benzene rings is 1. The van der Waals surface area contributed by atoms with Crippen LogP contribution in [0.15, 0.2) is 29.6 Å². The molecule has 4 heteroatoms. The van der Waals surface area contributed by atoms with Gasteiger partial charge in [-0.25, -0.2) is 4.39 Å². The van der Waals surface area contributed by atoms with Crippen molar-refractivity contribution >= 4 is 17.0 Å². The van der Waals surface area contributed by atoms with Crippen LogP contribution in [-0.4, -0.2) is 12.6 Å². The van der Waals surface area contributed by atoms with Crippen molar-refractivity contribution < 1.29 is 4.39 Å². The molecule has 4 rings (SSSR count). The molecule has 110 valence electrons. The Morgan fingerprint density at radius 3 is 3.05 bits per heavy atom. The maximum absolute atomic E-state index is 14.4. The largest absolute Gasteiger partial charge is 0.364 e. The lowest BCUT2D eigenvalue weighted by Crippen LogP contribution is -2.31. The molecule has 1 aliphatic heterocycles. The summed E-state index contributed by atoms with van der Waals surface area (Å²) >= 11 is 1.82. The average Bonchev–Trinajstić information content (AvgIpc) is 3.20. The molecule has 2 heterocycles. The molecule has 1 N–H and O–H groups in total. The van der Waals surface area contributed by atoms with Gasteiger partial charge >= 0.3 is 0 Å². The zero-order chi connectivity index (χ0) is 14.2. The number of halogens is 1. The highest BCUT2D eigenvalue weighted by Gasteiger charge is 2.24. The number of anilines is 1. The molecule has 0 saturated heterocycles. The van der Waals surface area contributed by atoms with Gasteiger partial charge in [-0.15, -0.1) is 11.3 Å².